The third-order valence-electron chi connectivity index (χ3n) is 3.90. The second-order valence-corrected chi connectivity index (χ2v) is 5.73. The number of nitrogens with zero attached hydrogens (tertiary/aromatic N) is 4. The number of hydrazine groups is 1. The van der Waals surface area contributed by atoms with Crippen molar-refractivity contribution < 1.29 is 9.59 Å². The number of hydrogen-bond donors (Lipinski definition) is 2. The highest BCUT2D eigenvalue weighted by molar-refractivity contribution is 6.39. The Bertz CT molecular complexity index is 798. The Balaban J connectivity index is 1.64. The topological polar surface area (TPSA) is 91.6 Å². The maximum absolute atomic E-state index is 12.4. The normalized spacial score (nSPS) is 17.0. The summed E-state index contributed by atoms with van der Waals surface area (Å²) in [4.78, 5) is 33.1. The third kappa shape index (κ3) is 3.68. The van der Waals surface area contributed by atoms with Gasteiger partial charge in [0.15, 0.2) is 0 Å². The lowest BCUT2D eigenvalue weighted by atomic mass is 10.2. The highest BCUT2D eigenvalue weighted by atomic mass is 16.2. The number of aromatic nitrogens is 2. The van der Waals surface area contributed by atoms with Crippen LogP contribution in [0.2, 0.25) is 0 Å². The molecule has 1 atom stereocenters. The van der Waals surface area contributed by atoms with Crippen molar-refractivity contribution in [1.82, 2.24) is 20.3 Å². The lowest BCUT2D eigenvalue weighted by molar-refractivity contribution is -0.120. The molecule has 130 valence electrons. The molecule has 1 aromatic heterocycles. The molecule has 0 aliphatic carbocycles. The summed E-state index contributed by atoms with van der Waals surface area (Å²) in [7, 11) is 1.90. The maximum atomic E-state index is 12.4. The Morgan fingerprint density at radius 2 is 2.08 bits per heavy atom. The first-order chi connectivity index (χ1) is 12.1. The number of anilines is 1. The van der Waals surface area contributed by atoms with Crippen LogP contribution in [0.1, 0.15) is 12.7 Å². The number of carbonyl (C=O) groups is 2. The summed E-state index contributed by atoms with van der Waals surface area (Å²) in [6.45, 7) is 2.10. The average Bonchev–Trinajstić information content (AvgIpc) is 3.03. The zero-order valence-corrected chi connectivity index (χ0v) is 14.1. The first-order valence-corrected chi connectivity index (χ1v) is 8.04. The number of amidine groups is 1. The van der Waals surface area contributed by atoms with Gasteiger partial charge >= 0.3 is 0 Å². The van der Waals surface area contributed by atoms with E-state index in [0.29, 0.717) is 18.7 Å². The van der Waals surface area contributed by atoms with Crippen LogP contribution < -0.4 is 15.8 Å². The monoisotopic (exact) mass is 340 g/mol. The molecule has 8 heteroatoms. The van der Waals surface area contributed by atoms with Gasteiger partial charge in [-0.2, -0.15) is 0 Å². The molecule has 8 nitrogen and oxygen atoms in total. The van der Waals surface area contributed by atoms with Crippen LogP contribution in [-0.2, 0) is 23.1 Å². The van der Waals surface area contributed by atoms with Crippen molar-refractivity contribution in [2.24, 2.45) is 12.0 Å². The molecule has 2 aromatic rings. The molecule has 1 aromatic carbocycles. The summed E-state index contributed by atoms with van der Waals surface area (Å²) in [5.74, 6) is 0.439. The number of aliphatic imine (C=N–C) groups is 1. The molecule has 0 unspecified atom stereocenters. The molecule has 0 fully saturated rings. The van der Waals surface area contributed by atoms with Gasteiger partial charge in [-0.15, -0.1) is 0 Å². The lowest BCUT2D eigenvalue weighted by Crippen LogP contribution is -2.58. The molecule has 25 heavy (non-hydrogen) atoms. The first kappa shape index (κ1) is 16.7. The molecule has 2 heterocycles. The van der Waals surface area contributed by atoms with Crippen molar-refractivity contribution in [3.63, 3.8) is 0 Å². The predicted octanol–water partition coefficient (Wildman–Crippen LogP) is 0.417. The number of para-hydroxylation sites is 1. The van der Waals surface area contributed by atoms with Gasteiger partial charge in [0.2, 0.25) is 5.84 Å². The molecule has 0 bridgehead atoms. The average molecular weight is 340 g/mol. The van der Waals surface area contributed by atoms with Gasteiger partial charge in [0, 0.05) is 32.4 Å². The zero-order valence-electron chi connectivity index (χ0n) is 14.1. The summed E-state index contributed by atoms with van der Waals surface area (Å²) in [5.41, 5.74) is 3.47. The first-order valence-electron chi connectivity index (χ1n) is 8.04. The highest BCUT2D eigenvalue weighted by Crippen LogP contribution is 2.15. The highest BCUT2D eigenvalue weighted by Gasteiger charge is 2.30. The van der Waals surface area contributed by atoms with Gasteiger partial charge < -0.3 is 9.88 Å². The predicted molar refractivity (Wildman–Crippen MR) is 93.9 cm³/mol. The van der Waals surface area contributed by atoms with Crippen LogP contribution in [0.25, 0.3) is 0 Å². The van der Waals surface area contributed by atoms with E-state index >= 15 is 0 Å². The number of carbonyl (C=O) groups excluding carboxylic acids is 2. The summed E-state index contributed by atoms with van der Waals surface area (Å²) >= 11 is 0. The van der Waals surface area contributed by atoms with Crippen LogP contribution in [0.15, 0.2) is 47.7 Å². The summed E-state index contributed by atoms with van der Waals surface area (Å²) < 4.78 is 1.90. The van der Waals surface area contributed by atoms with Gasteiger partial charge in [-0.05, 0) is 19.1 Å². The second-order valence-electron chi connectivity index (χ2n) is 5.73. The Morgan fingerprint density at radius 3 is 2.76 bits per heavy atom. The molecule has 1 aliphatic rings. The van der Waals surface area contributed by atoms with Gasteiger partial charge in [0.05, 0.1) is 5.69 Å². The van der Waals surface area contributed by atoms with E-state index in [1.807, 2.05) is 36.0 Å². The fraction of sp³-hybridized carbons (Fsp3) is 0.294. The Hall–Kier alpha value is -3.16. The van der Waals surface area contributed by atoms with Crippen LogP contribution in [0.3, 0.4) is 0 Å². The maximum Gasteiger partial charge on any atom is 0.288 e. The molecular formula is C17H20N6O2. The van der Waals surface area contributed by atoms with Crippen LogP contribution in [-0.4, -0.2) is 39.8 Å². The number of benzene rings is 1. The van der Waals surface area contributed by atoms with E-state index < -0.39 is 6.04 Å². The molecule has 0 radical (unpaired) electrons. The molecule has 0 spiro atoms. The second kappa shape index (κ2) is 7.16. The smallest absolute Gasteiger partial charge is 0.288 e. The van der Waals surface area contributed by atoms with E-state index in [4.69, 9.17) is 0 Å². The number of rotatable bonds is 5. The van der Waals surface area contributed by atoms with Crippen molar-refractivity contribution in [1.29, 1.82) is 0 Å². The van der Waals surface area contributed by atoms with Crippen LogP contribution in [0.5, 0.6) is 0 Å². The molecule has 1 aliphatic heterocycles. The SMILES string of the molecule is C[C@H]1N=C(C(=O)NCCc2nccn2C)NN(c2ccccc2)C1=O. The van der Waals surface area contributed by atoms with Crippen molar-refractivity contribution in [3.05, 3.63) is 48.5 Å². The van der Waals surface area contributed by atoms with E-state index in [-0.39, 0.29) is 17.6 Å². The van der Waals surface area contributed by atoms with Crippen molar-refractivity contribution in [3.8, 4) is 0 Å². The van der Waals surface area contributed by atoms with Gasteiger partial charge in [-0.3, -0.25) is 15.0 Å². The van der Waals surface area contributed by atoms with Gasteiger partial charge in [0.1, 0.15) is 11.9 Å². The van der Waals surface area contributed by atoms with E-state index in [9.17, 15) is 9.59 Å². The third-order valence-corrected chi connectivity index (χ3v) is 3.90. The number of amides is 2. The fourth-order valence-electron chi connectivity index (χ4n) is 2.51. The van der Waals surface area contributed by atoms with Crippen molar-refractivity contribution in [2.75, 3.05) is 11.6 Å². The van der Waals surface area contributed by atoms with Crippen LogP contribution in [0.4, 0.5) is 5.69 Å². The van der Waals surface area contributed by atoms with Crippen molar-refractivity contribution >= 4 is 23.3 Å². The largest absolute Gasteiger partial charge is 0.349 e. The minimum absolute atomic E-state index is 0.121. The van der Waals surface area contributed by atoms with Gasteiger partial charge in [0.25, 0.3) is 11.8 Å². The van der Waals surface area contributed by atoms with E-state index in [2.05, 4.69) is 20.7 Å². The fourth-order valence-corrected chi connectivity index (χ4v) is 2.51. The van der Waals surface area contributed by atoms with Crippen LogP contribution >= 0.6 is 0 Å². The van der Waals surface area contributed by atoms with Gasteiger partial charge in [-0.25, -0.2) is 15.0 Å². The van der Waals surface area contributed by atoms with E-state index in [0.717, 1.165) is 5.82 Å². The quantitative estimate of drug-likeness (QED) is 0.825. The van der Waals surface area contributed by atoms with Crippen molar-refractivity contribution in [2.45, 2.75) is 19.4 Å². The molecule has 0 saturated carbocycles. The van der Waals surface area contributed by atoms with Gasteiger partial charge in [-0.1, -0.05) is 18.2 Å². The van der Waals surface area contributed by atoms with Crippen LogP contribution in [0, 0.1) is 0 Å². The zero-order chi connectivity index (χ0) is 17.8. The Labute approximate surface area is 145 Å². The number of hydrogen-bond acceptors (Lipinski definition) is 5. The summed E-state index contributed by atoms with van der Waals surface area (Å²) in [6, 6.07) is 8.47. The molecular weight excluding hydrogens is 320 g/mol. The summed E-state index contributed by atoms with van der Waals surface area (Å²) in [5, 5.41) is 4.15. The molecule has 2 N–H and O–H groups in total. The molecule has 2 amide bonds. The minimum atomic E-state index is -0.628. The number of nitrogens with one attached hydrogen (secondary N) is 2. The Morgan fingerprint density at radius 1 is 1.32 bits per heavy atom. The minimum Gasteiger partial charge on any atom is -0.349 e. The van der Waals surface area contributed by atoms with E-state index in [1.54, 1.807) is 25.3 Å². The van der Waals surface area contributed by atoms with E-state index in [1.165, 1.54) is 5.01 Å². The molecule has 3 rings (SSSR count). The molecule has 0 saturated heterocycles. The summed E-state index contributed by atoms with van der Waals surface area (Å²) in [6.07, 6.45) is 4.18. The number of imidazole rings is 1. The number of aryl methyl sites for hydroxylation is 1. The standard InChI is InChI=1S/C17H20N6O2/c1-12-17(25)23(13-6-4-3-5-7-13)21-15(20-12)16(24)19-9-8-14-18-10-11-22(14)2/h3-7,10-12H,8-9H2,1-2H3,(H,19,24)(H,20,21)/t12-/m1/s1. The Kier molecular flexibility index (Phi) is 4.78. The lowest BCUT2D eigenvalue weighted by Gasteiger charge is -2.30.